The van der Waals surface area contributed by atoms with Crippen LogP contribution in [0.2, 0.25) is 0 Å². The Bertz CT molecular complexity index is 343. The molecule has 0 amide bonds. The van der Waals surface area contributed by atoms with E-state index in [9.17, 15) is 5.11 Å². The maximum absolute atomic E-state index is 10.2. The third-order valence-corrected chi connectivity index (χ3v) is 3.28. The van der Waals surface area contributed by atoms with Crippen molar-refractivity contribution in [2.45, 2.75) is 32.3 Å². The van der Waals surface area contributed by atoms with E-state index in [1.807, 2.05) is 20.0 Å². The Balaban J connectivity index is 1.96. The smallest absolute Gasteiger partial charge is 0.0959 e. The Kier molecular flexibility index (Phi) is 3.61. The predicted molar refractivity (Wildman–Crippen MR) is 61.1 cm³/mol. The third kappa shape index (κ3) is 2.62. The van der Waals surface area contributed by atoms with Gasteiger partial charge in [-0.2, -0.15) is 5.10 Å². The average molecular weight is 224 g/mol. The number of hydrogen-bond donors (Lipinski definition) is 1. The first kappa shape index (κ1) is 11.6. The highest BCUT2D eigenvalue weighted by atomic mass is 16.5. The summed E-state index contributed by atoms with van der Waals surface area (Å²) in [5, 5.41) is 14.4. The molecule has 1 aliphatic heterocycles. The molecule has 1 N–H and O–H groups in total. The molecule has 0 aliphatic carbocycles. The van der Waals surface area contributed by atoms with E-state index in [0.717, 1.165) is 43.9 Å². The maximum atomic E-state index is 10.2. The fourth-order valence-electron chi connectivity index (χ4n) is 2.36. The molecule has 1 aliphatic rings. The number of aromatic nitrogens is 2. The zero-order chi connectivity index (χ0) is 11.5. The van der Waals surface area contributed by atoms with Gasteiger partial charge in [0.15, 0.2) is 0 Å². The van der Waals surface area contributed by atoms with Crippen molar-refractivity contribution in [2.24, 2.45) is 13.0 Å². The van der Waals surface area contributed by atoms with Gasteiger partial charge in [-0.3, -0.25) is 4.68 Å². The molecule has 1 atom stereocenters. The largest absolute Gasteiger partial charge is 0.387 e. The van der Waals surface area contributed by atoms with Crippen LogP contribution >= 0.6 is 0 Å². The monoisotopic (exact) mass is 224 g/mol. The normalized spacial score (nSPS) is 19.9. The van der Waals surface area contributed by atoms with Gasteiger partial charge in [0, 0.05) is 20.3 Å². The minimum atomic E-state index is -0.394. The summed E-state index contributed by atoms with van der Waals surface area (Å²) in [7, 11) is 1.88. The third-order valence-electron chi connectivity index (χ3n) is 3.28. The van der Waals surface area contributed by atoms with Crippen molar-refractivity contribution >= 4 is 0 Å². The van der Waals surface area contributed by atoms with Gasteiger partial charge in [-0.1, -0.05) is 0 Å². The topological polar surface area (TPSA) is 47.3 Å². The van der Waals surface area contributed by atoms with Crippen LogP contribution in [0.3, 0.4) is 0 Å². The van der Waals surface area contributed by atoms with Crippen molar-refractivity contribution in [3.05, 3.63) is 17.5 Å². The van der Waals surface area contributed by atoms with Crippen molar-refractivity contribution < 1.29 is 9.84 Å². The summed E-state index contributed by atoms with van der Waals surface area (Å²) in [5.74, 6) is 0.582. The van der Waals surface area contributed by atoms with Crippen molar-refractivity contribution in [2.75, 3.05) is 13.2 Å². The van der Waals surface area contributed by atoms with E-state index in [-0.39, 0.29) is 0 Å². The van der Waals surface area contributed by atoms with Crippen LogP contribution in [0.5, 0.6) is 0 Å². The van der Waals surface area contributed by atoms with Gasteiger partial charge in [-0.15, -0.1) is 0 Å². The van der Waals surface area contributed by atoms with Crippen LogP contribution in [-0.4, -0.2) is 28.1 Å². The van der Waals surface area contributed by atoms with Crippen LogP contribution < -0.4 is 0 Å². The van der Waals surface area contributed by atoms with Crippen LogP contribution in [0.1, 0.15) is 36.8 Å². The average Bonchev–Trinajstić information content (AvgIpc) is 2.59. The lowest BCUT2D eigenvalue weighted by molar-refractivity contribution is 0.0419. The van der Waals surface area contributed by atoms with E-state index in [4.69, 9.17) is 4.74 Å². The lowest BCUT2D eigenvalue weighted by Gasteiger charge is -2.24. The second-order valence-corrected chi connectivity index (χ2v) is 4.64. The molecular formula is C12H20N2O2. The van der Waals surface area contributed by atoms with E-state index in [2.05, 4.69) is 5.10 Å². The molecule has 2 rings (SSSR count). The van der Waals surface area contributed by atoms with Crippen LogP contribution in [0.15, 0.2) is 6.07 Å². The van der Waals surface area contributed by atoms with Gasteiger partial charge in [0.1, 0.15) is 0 Å². The molecule has 16 heavy (non-hydrogen) atoms. The molecule has 1 unspecified atom stereocenters. The highest BCUT2D eigenvalue weighted by Gasteiger charge is 2.20. The van der Waals surface area contributed by atoms with Crippen LogP contribution in [-0.2, 0) is 11.8 Å². The maximum Gasteiger partial charge on any atom is 0.0959 e. The van der Waals surface area contributed by atoms with Crippen LogP contribution in [0.25, 0.3) is 0 Å². The minimum absolute atomic E-state index is 0.394. The van der Waals surface area contributed by atoms with Gasteiger partial charge >= 0.3 is 0 Å². The molecule has 4 heteroatoms. The first-order chi connectivity index (χ1) is 7.66. The van der Waals surface area contributed by atoms with Gasteiger partial charge < -0.3 is 9.84 Å². The van der Waals surface area contributed by atoms with E-state index >= 15 is 0 Å². The Labute approximate surface area is 96.2 Å². The molecule has 1 saturated heterocycles. The van der Waals surface area contributed by atoms with E-state index in [1.165, 1.54) is 0 Å². The minimum Gasteiger partial charge on any atom is -0.387 e. The second kappa shape index (κ2) is 4.97. The molecule has 0 spiro atoms. The Morgan fingerprint density at radius 3 is 2.81 bits per heavy atom. The van der Waals surface area contributed by atoms with Gasteiger partial charge in [0.25, 0.3) is 0 Å². The number of rotatable bonds is 3. The second-order valence-electron chi connectivity index (χ2n) is 4.64. The number of hydrogen-bond acceptors (Lipinski definition) is 3. The van der Waals surface area contributed by atoms with Crippen LogP contribution in [0, 0.1) is 12.8 Å². The van der Waals surface area contributed by atoms with Gasteiger partial charge in [0.05, 0.1) is 17.5 Å². The van der Waals surface area contributed by atoms with E-state index in [0.29, 0.717) is 5.92 Å². The lowest BCUT2D eigenvalue weighted by Crippen LogP contribution is -2.19. The zero-order valence-corrected chi connectivity index (χ0v) is 10.0. The molecule has 4 nitrogen and oxygen atoms in total. The van der Waals surface area contributed by atoms with Crippen LogP contribution in [0.4, 0.5) is 0 Å². The molecule has 1 aromatic rings. The molecule has 2 heterocycles. The van der Waals surface area contributed by atoms with Crippen molar-refractivity contribution in [1.29, 1.82) is 0 Å². The molecule has 1 aromatic heterocycles. The molecule has 0 bridgehead atoms. The zero-order valence-electron chi connectivity index (χ0n) is 10.0. The molecule has 0 saturated carbocycles. The summed E-state index contributed by atoms with van der Waals surface area (Å²) in [5.41, 5.74) is 1.88. The number of aryl methyl sites for hydroxylation is 2. The fraction of sp³-hybridized carbons (Fsp3) is 0.750. The van der Waals surface area contributed by atoms with Gasteiger partial charge in [-0.25, -0.2) is 0 Å². The van der Waals surface area contributed by atoms with Crippen molar-refractivity contribution in [1.82, 2.24) is 9.78 Å². The van der Waals surface area contributed by atoms with Gasteiger partial charge in [0.2, 0.25) is 0 Å². The molecule has 90 valence electrons. The molecule has 1 fully saturated rings. The van der Waals surface area contributed by atoms with Gasteiger partial charge in [-0.05, 0) is 38.2 Å². The molecule has 0 aromatic carbocycles. The summed E-state index contributed by atoms with van der Waals surface area (Å²) in [6.07, 6.45) is 2.55. The van der Waals surface area contributed by atoms with Crippen molar-refractivity contribution in [3.8, 4) is 0 Å². The van der Waals surface area contributed by atoms with E-state index in [1.54, 1.807) is 4.68 Å². The standard InChI is InChI=1S/C12H20N2O2/c1-9-7-11(14(2)13-9)12(15)8-10-3-5-16-6-4-10/h7,10,12,15H,3-6,8H2,1-2H3. The first-order valence-electron chi connectivity index (χ1n) is 5.93. The Hall–Kier alpha value is -0.870. The predicted octanol–water partition coefficient (Wildman–Crippen LogP) is 1.58. The summed E-state index contributed by atoms with van der Waals surface area (Å²) < 4.78 is 7.09. The summed E-state index contributed by atoms with van der Waals surface area (Å²) in [4.78, 5) is 0. The SMILES string of the molecule is Cc1cc(C(O)CC2CCOCC2)n(C)n1. The summed E-state index contributed by atoms with van der Waals surface area (Å²) in [6, 6.07) is 1.96. The number of aliphatic hydroxyl groups excluding tert-OH is 1. The number of nitrogens with zero attached hydrogens (tertiary/aromatic N) is 2. The molecule has 0 radical (unpaired) electrons. The van der Waals surface area contributed by atoms with Crippen molar-refractivity contribution in [3.63, 3.8) is 0 Å². The Morgan fingerprint density at radius 2 is 2.25 bits per heavy atom. The Morgan fingerprint density at radius 1 is 1.56 bits per heavy atom. The lowest BCUT2D eigenvalue weighted by atomic mass is 9.92. The highest BCUT2D eigenvalue weighted by Crippen LogP contribution is 2.27. The molecular weight excluding hydrogens is 204 g/mol. The number of aliphatic hydroxyl groups is 1. The van der Waals surface area contributed by atoms with E-state index < -0.39 is 6.10 Å². The first-order valence-corrected chi connectivity index (χ1v) is 5.93. The number of ether oxygens (including phenoxy) is 1. The summed E-state index contributed by atoms with van der Waals surface area (Å²) >= 11 is 0. The quantitative estimate of drug-likeness (QED) is 0.848. The highest BCUT2D eigenvalue weighted by molar-refractivity contribution is 5.11. The summed E-state index contributed by atoms with van der Waals surface area (Å²) in [6.45, 7) is 3.62. The fourth-order valence-corrected chi connectivity index (χ4v) is 2.36.